The summed E-state index contributed by atoms with van der Waals surface area (Å²) in [4.78, 5) is 18.0. The first kappa shape index (κ1) is 14.1. The second-order valence-electron chi connectivity index (χ2n) is 6.17. The van der Waals surface area contributed by atoms with Crippen LogP contribution in [0.4, 0.5) is 0 Å². The number of nitrogens with zero attached hydrogens (tertiary/aromatic N) is 2. The molecule has 1 amide bonds. The summed E-state index contributed by atoms with van der Waals surface area (Å²) in [5.41, 5.74) is 5.38. The van der Waals surface area contributed by atoms with E-state index in [1.807, 2.05) is 24.8 Å². The molecule has 1 aliphatic rings. The summed E-state index contributed by atoms with van der Waals surface area (Å²) in [6, 6.07) is 8.33. The van der Waals surface area contributed by atoms with Crippen molar-refractivity contribution in [1.29, 1.82) is 0 Å². The van der Waals surface area contributed by atoms with Crippen LogP contribution in [-0.4, -0.2) is 27.5 Å². The minimum atomic E-state index is 0.128. The van der Waals surface area contributed by atoms with Gasteiger partial charge >= 0.3 is 0 Å². The molecule has 1 N–H and O–H groups in total. The number of aryl methyl sites for hydroxylation is 2. The number of aromatic nitrogens is 2. The second kappa shape index (κ2) is 5.26. The molecule has 4 rings (SSSR count). The maximum atomic E-state index is 12.6. The first-order chi connectivity index (χ1) is 11.1. The van der Waals surface area contributed by atoms with Gasteiger partial charge in [-0.25, -0.2) is 0 Å². The fourth-order valence-electron chi connectivity index (χ4n) is 3.42. The first-order valence-electron chi connectivity index (χ1n) is 7.91. The summed E-state index contributed by atoms with van der Waals surface area (Å²) >= 11 is 0. The number of para-hydroxylation sites is 1. The van der Waals surface area contributed by atoms with E-state index in [0.717, 1.165) is 41.2 Å². The molecule has 3 aromatic rings. The lowest BCUT2D eigenvalue weighted by Gasteiger charge is -2.27. The van der Waals surface area contributed by atoms with Crippen molar-refractivity contribution in [1.82, 2.24) is 15.0 Å². The summed E-state index contributed by atoms with van der Waals surface area (Å²) in [6.45, 7) is 5.14. The topological polar surface area (TPSA) is 62.1 Å². The predicted octanol–water partition coefficient (Wildman–Crippen LogP) is 2.90. The number of hydrogen-bond acceptors (Lipinski definition) is 3. The van der Waals surface area contributed by atoms with Crippen LogP contribution in [0.1, 0.15) is 28.3 Å². The highest BCUT2D eigenvalue weighted by molar-refractivity contribution is 5.86. The molecule has 0 unspecified atom stereocenters. The van der Waals surface area contributed by atoms with Crippen molar-refractivity contribution in [2.75, 3.05) is 6.54 Å². The van der Waals surface area contributed by atoms with E-state index in [0.29, 0.717) is 13.0 Å². The van der Waals surface area contributed by atoms with Gasteiger partial charge in [-0.1, -0.05) is 23.4 Å². The fourth-order valence-corrected chi connectivity index (χ4v) is 3.42. The zero-order valence-electron chi connectivity index (χ0n) is 13.3. The molecule has 1 aliphatic heterocycles. The van der Waals surface area contributed by atoms with E-state index >= 15 is 0 Å². The lowest BCUT2D eigenvalue weighted by molar-refractivity contribution is -0.131. The third-order valence-corrected chi connectivity index (χ3v) is 4.74. The van der Waals surface area contributed by atoms with Gasteiger partial charge in [0, 0.05) is 28.7 Å². The van der Waals surface area contributed by atoms with Gasteiger partial charge in [0.05, 0.1) is 18.7 Å². The van der Waals surface area contributed by atoms with Crippen molar-refractivity contribution in [3.8, 4) is 0 Å². The number of hydrogen-bond donors (Lipinski definition) is 1. The number of H-pyrrole nitrogens is 1. The summed E-state index contributed by atoms with van der Waals surface area (Å²) < 4.78 is 5.15. The monoisotopic (exact) mass is 309 g/mol. The van der Waals surface area contributed by atoms with Crippen LogP contribution in [0, 0.1) is 13.8 Å². The molecule has 23 heavy (non-hydrogen) atoms. The molecular weight excluding hydrogens is 290 g/mol. The molecule has 5 heteroatoms. The SMILES string of the molecule is Cc1noc(C)c1CC(=O)N1CCc2c([nH]c3ccccc23)C1. The average Bonchev–Trinajstić information content (AvgIpc) is 3.08. The van der Waals surface area contributed by atoms with Crippen LogP contribution in [0.15, 0.2) is 28.8 Å². The number of rotatable bonds is 2. The maximum Gasteiger partial charge on any atom is 0.227 e. The number of fused-ring (bicyclic) bond motifs is 3. The highest BCUT2D eigenvalue weighted by Gasteiger charge is 2.25. The molecule has 3 heterocycles. The zero-order valence-corrected chi connectivity index (χ0v) is 13.3. The minimum absolute atomic E-state index is 0.128. The Kier molecular flexibility index (Phi) is 3.22. The first-order valence-corrected chi connectivity index (χ1v) is 7.91. The second-order valence-corrected chi connectivity index (χ2v) is 6.17. The average molecular weight is 309 g/mol. The molecule has 0 atom stereocenters. The summed E-state index contributed by atoms with van der Waals surface area (Å²) in [5.74, 6) is 0.864. The Morgan fingerprint density at radius 3 is 2.96 bits per heavy atom. The van der Waals surface area contributed by atoms with Crippen molar-refractivity contribution in [2.45, 2.75) is 33.2 Å². The van der Waals surface area contributed by atoms with E-state index in [1.165, 1.54) is 10.9 Å². The van der Waals surface area contributed by atoms with Gasteiger partial charge in [0.2, 0.25) is 5.91 Å². The summed E-state index contributed by atoms with van der Waals surface area (Å²) in [5, 5.41) is 5.21. The number of carbonyl (C=O) groups is 1. The van der Waals surface area contributed by atoms with Gasteiger partial charge in [-0.2, -0.15) is 0 Å². The number of benzene rings is 1. The molecule has 1 aromatic carbocycles. The Balaban J connectivity index is 1.57. The number of nitrogens with one attached hydrogen (secondary N) is 1. The highest BCUT2D eigenvalue weighted by atomic mass is 16.5. The van der Waals surface area contributed by atoms with Gasteiger partial charge in [0.25, 0.3) is 0 Å². The van der Waals surface area contributed by atoms with Crippen LogP contribution in [0.5, 0.6) is 0 Å². The Labute approximate surface area is 134 Å². The number of carbonyl (C=O) groups excluding carboxylic acids is 1. The van der Waals surface area contributed by atoms with E-state index in [9.17, 15) is 4.79 Å². The minimum Gasteiger partial charge on any atom is -0.361 e. The van der Waals surface area contributed by atoms with E-state index in [4.69, 9.17) is 4.52 Å². The van der Waals surface area contributed by atoms with Crippen molar-refractivity contribution < 1.29 is 9.32 Å². The van der Waals surface area contributed by atoms with Crippen LogP contribution in [0.3, 0.4) is 0 Å². The molecular formula is C18H19N3O2. The lowest BCUT2D eigenvalue weighted by atomic mass is 10.0. The molecule has 0 radical (unpaired) electrons. The quantitative estimate of drug-likeness (QED) is 0.791. The van der Waals surface area contributed by atoms with Gasteiger partial charge in [0.15, 0.2) is 0 Å². The van der Waals surface area contributed by atoms with Crippen LogP contribution in [0.25, 0.3) is 10.9 Å². The molecule has 0 saturated carbocycles. The molecule has 0 bridgehead atoms. The maximum absolute atomic E-state index is 12.6. The van der Waals surface area contributed by atoms with Gasteiger partial charge in [-0.05, 0) is 31.9 Å². The van der Waals surface area contributed by atoms with E-state index in [-0.39, 0.29) is 5.91 Å². The van der Waals surface area contributed by atoms with Crippen LogP contribution >= 0.6 is 0 Å². The molecule has 0 saturated heterocycles. The van der Waals surface area contributed by atoms with Crippen LogP contribution in [-0.2, 0) is 24.2 Å². The summed E-state index contributed by atoms with van der Waals surface area (Å²) in [7, 11) is 0. The molecule has 0 fully saturated rings. The number of amides is 1. The van der Waals surface area contributed by atoms with Crippen molar-refractivity contribution in [3.63, 3.8) is 0 Å². The zero-order chi connectivity index (χ0) is 16.0. The van der Waals surface area contributed by atoms with Crippen molar-refractivity contribution >= 4 is 16.8 Å². The van der Waals surface area contributed by atoms with Gasteiger partial charge in [-0.15, -0.1) is 0 Å². The molecule has 2 aromatic heterocycles. The third kappa shape index (κ3) is 2.32. The number of aromatic amines is 1. The van der Waals surface area contributed by atoms with E-state index in [1.54, 1.807) is 0 Å². The standard InChI is InChI=1S/C18H19N3O2/c1-11-15(12(2)23-20-11)9-18(22)21-8-7-14-13-5-3-4-6-16(13)19-17(14)10-21/h3-6,19H,7-10H2,1-2H3. The smallest absolute Gasteiger partial charge is 0.227 e. The molecule has 0 spiro atoms. The lowest BCUT2D eigenvalue weighted by Crippen LogP contribution is -2.37. The largest absolute Gasteiger partial charge is 0.361 e. The highest BCUT2D eigenvalue weighted by Crippen LogP contribution is 2.27. The van der Waals surface area contributed by atoms with E-state index < -0.39 is 0 Å². The summed E-state index contributed by atoms with van der Waals surface area (Å²) in [6.07, 6.45) is 1.25. The Bertz CT molecular complexity index is 871. The van der Waals surface area contributed by atoms with Crippen molar-refractivity contribution in [2.24, 2.45) is 0 Å². The third-order valence-electron chi connectivity index (χ3n) is 4.74. The Morgan fingerprint density at radius 1 is 1.35 bits per heavy atom. The van der Waals surface area contributed by atoms with Gasteiger partial charge in [-0.3, -0.25) is 4.79 Å². The van der Waals surface area contributed by atoms with Gasteiger partial charge in [0.1, 0.15) is 5.76 Å². The van der Waals surface area contributed by atoms with Crippen molar-refractivity contribution in [3.05, 3.63) is 52.5 Å². The van der Waals surface area contributed by atoms with Crippen LogP contribution < -0.4 is 0 Å². The molecule has 0 aliphatic carbocycles. The molecule has 118 valence electrons. The van der Waals surface area contributed by atoms with Gasteiger partial charge < -0.3 is 14.4 Å². The fraction of sp³-hybridized carbons (Fsp3) is 0.333. The van der Waals surface area contributed by atoms with E-state index in [2.05, 4.69) is 28.3 Å². The predicted molar refractivity (Wildman–Crippen MR) is 87.1 cm³/mol. The Hall–Kier alpha value is -2.56. The normalized spacial score (nSPS) is 14.3. The van der Waals surface area contributed by atoms with Crippen LogP contribution in [0.2, 0.25) is 0 Å². The molecule has 5 nitrogen and oxygen atoms in total. The Morgan fingerprint density at radius 2 is 2.17 bits per heavy atom.